The summed E-state index contributed by atoms with van der Waals surface area (Å²) in [6.07, 6.45) is 1.69. The Bertz CT molecular complexity index is 1280. The van der Waals surface area contributed by atoms with Gasteiger partial charge in [0.15, 0.2) is 22.4 Å². The second kappa shape index (κ2) is 7.92. The predicted molar refractivity (Wildman–Crippen MR) is 111 cm³/mol. The molecule has 0 spiro atoms. The normalized spacial score (nSPS) is 12.3. The third kappa shape index (κ3) is 3.91. The van der Waals surface area contributed by atoms with E-state index in [0.717, 1.165) is 23.0 Å². The second-order valence-electron chi connectivity index (χ2n) is 6.90. The van der Waals surface area contributed by atoms with Crippen LogP contribution in [0.3, 0.4) is 0 Å². The van der Waals surface area contributed by atoms with Gasteiger partial charge in [-0.25, -0.2) is 13.8 Å². The van der Waals surface area contributed by atoms with E-state index in [4.69, 9.17) is 9.47 Å². The van der Waals surface area contributed by atoms with Crippen LogP contribution < -0.4 is 14.4 Å². The van der Waals surface area contributed by atoms with E-state index in [1.807, 2.05) is 6.07 Å². The lowest BCUT2D eigenvalue weighted by atomic mass is 10.1. The number of benzene rings is 2. The second-order valence-corrected chi connectivity index (χ2v) is 7.91. The fourth-order valence-corrected chi connectivity index (χ4v) is 4.32. The van der Waals surface area contributed by atoms with Crippen molar-refractivity contribution in [2.24, 2.45) is 0 Å². The zero-order chi connectivity index (χ0) is 21.4. The van der Waals surface area contributed by atoms with Crippen LogP contribution in [0.1, 0.15) is 11.3 Å². The van der Waals surface area contributed by atoms with E-state index in [9.17, 15) is 13.6 Å². The number of rotatable bonds is 5. The lowest BCUT2D eigenvalue weighted by Crippen LogP contribution is -2.32. The zero-order valence-corrected chi connectivity index (χ0v) is 16.9. The number of amides is 1. The number of aromatic nitrogens is 2. The largest absolute Gasteiger partial charge is 0.454 e. The molecule has 31 heavy (non-hydrogen) atoms. The number of hydrogen-bond acceptors (Lipinski definition) is 6. The molecule has 0 bridgehead atoms. The van der Waals surface area contributed by atoms with Crippen LogP contribution in [0, 0.1) is 11.6 Å². The van der Waals surface area contributed by atoms with Crippen molar-refractivity contribution in [1.82, 2.24) is 9.97 Å². The first-order valence-electron chi connectivity index (χ1n) is 9.41. The van der Waals surface area contributed by atoms with E-state index < -0.39 is 11.6 Å². The Morgan fingerprint density at radius 3 is 2.81 bits per heavy atom. The number of anilines is 1. The summed E-state index contributed by atoms with van der Waals surface area (Å²) in [6.45, 7) is 0.292. The molecule has 0 saturated carbocycles. The molecule has 2 aromatic carbocycles. The average molecular weight is 439 g/mol. The number of fused-ring (bicyclic) bond motifs is 2. The molecule has 0 aliphatic carbocycles. The van der Waals surface area contributed by atoms with Gasteiger partial charge in [-0.05, 0) is 35.9 Å². The topological polar surface area (TPSA) is 64.6 Å². The summed E-state index contributed by atoms with van der Waals surface area (Å²) in [5, 5.41) is 0.274. The number of carbonyl (C=O) groups is 1. The van der Waals surface area contributed by atoms with Gasteiger partial charge < -0.3 is 9.47 Å². The molecule has 0 radical (unpaired) electrons. The minimum absolute atomic E-state index is 0.0308. The van der Waals surface area contributed by atoms with Crippen LogP contribution >= 0.6 is 11.3 Å². The Kier molecular flexibility index (Phi) is 4.95. The van der Waals surface area contributed by atoms with Crippen molar-refractivity contribution in [1.29, 1.82) is 0 Å². The first-order valence-corrected chi connectivity index (χ1v) is 10.2. The third-order valence-corrected chi connectivity index (χ3v) is 5.80. The molecule has 1 amide bonds. The SMILES string of the molecule is O=C(Cc1ccc2c(c1)OCO2)N(Cc1ccccn1)c1nc2c(F)cc(F)cc2s1. The number of halogens is 2. The molecule has 0 unspecified atom stereocenters. The van der Waals surface area contributed by atoms with Crippen molar-refractivity contribution in [3.8, 4) is 11.5 Å². The standard InChI is InChI=1S/C22H15F2N3O3S/c23-14-9-16(24)21-19(10-14)31-22(26-21)27(11-15-3-1-2-6-25-15)20(28)8-13-4-5-17-18(7-13)30-12-29-17/h1-7,9-10H,8,11-12H2. The van der Waals surface area contributed by atoms with Crippen LogP contribution in [0.25, 0.3) is 10.2 Å². The monoisotopic (exact) mass is 439 g/mol. The van der Waals surface area contributed by atoms with Gasteiger partial charge in [0.1, 0.15) is 11.3 Å². The molecule has 9 heteroatoms. The first-order chi connectivity index (χ1) is 15.1. The van der Waals surface area contributed by atoms with Crippen molar-refractivity contribution in [3.05, 3.63) is 77.6 Å². The van der Waals surface area contributed by atoms with Crippen LogP contribution in [-0.4, -0.2) is 22.7 Å². The minimum atomic E-state index is -0.765. The third-order valence-electron chi connectivity index (χ3n) is 4.77. The fourth-order valence-electron chi connectivity index (χ4n) is 3.30. The maximum absolute atomic E-state index is 14.2. The molecular weight excluding hydrogens is 424 g/mol. The van der Waals surface area contributed by atoms with E-state index in [1.165, 1.54) is 11.0 Å². The molecule has 0 atom stereocenters. The predicted octanol–water partition coefficient (Wildman–Crippen LogP) is 4.47. The molecule has 0 saturated heterocycles. The molecule has 3 heterocycles. The highest BCUT2D eigenvalue weighted by atomic mass is 32.1. The lowest BCUT2D eigenvalue weighted by molar-refractivity contribution is -0.118. The summed E-state index contributed by atoms with van der Waals surface area (Å²) in [5.41, 5.74) is 1.41. The molecular formula is C22H15F2N3O3S. The van der Waals surface area contributed by atoms with Gasteiger partial charge in [-0.15, -0.1) is 0 Å². The fraction of sp³-hybridized carbons (Fsp3) is 0.136. The Morgan fingerprint density at radius 1 is 1.10 bits per heavy atom. The summed E-state index contributed by atoms with van der Waals surface area (Å²) in [4.78, 5) is 23.3. The number of thiazole rings is 1. The van der Waals surface area contributed by atoms with Crippen molar-refractivity contribution in [2.45, 2.75) is 13.0 Å². The molecule has 2 aromatic heterocycles. The number of hydrogen-bond donors (Lipinski definition) is 0. The van der Waals surface area contributed by atoms with Gasteiger partial charge in [0.2, 0.25) is 12.7 Å². The first kappa shape index (κ1) is 19.4. The summed E-state index contributed by atoms with van der Waals surface area (Å²) in [5.74, 6) is -0.504. The van der Waals surface area contributed by atoms with Crippen molar-refractivity contribution >= 4 is 32.6 Å². The van der Waals surface area contributed by atoms with Gasteiger partial charge in [-0.2, -0.15) is 0 Å². The van der Waals surface area contributed by atoms with Crippen molar-refractivity contribution in [3.63, 3.8) is 0 Å². The van der Waals surface area contributed by atoms with Crippen LogP contribution in [0.15, 0.2) is 54.7 Å². The van der Waals surface area contributed by atoms with E-state index in [0.29, 0.717) is 21.9 Å². The van der Waals surface area contributed by atoms with Crippen molar-refractivity contribution in [2.75, 3.05) is 11.7 Å². The summed E-state index contributed by atoms with van der Waals surface area (Å²) in [6, 6.07) is 12.7. The maximum atomic E-state index is 14.2. The zero-order valence-electron chi connectivity index (χ0n) is 16.0. The highest BCUT2D eigenvalue weighted by Gasteiger charge is 2.23. The molecule has 1 aliphatic rings. The summed E-state index contributed by atoms with van der Waals surface area (Å²) >= 11 is 1.05. The van der Waals surface area contributed by atoms with Gasteiger partial charge in [0.25, 0.3) is 0 Å². The number of ether oxygens (including phenoxy) is 2. The van der Waals surface area contributed by atoms with Crippen molar-refractivity contribution < 1.29 is 23.0 Å². The average Bonchev–Trinajstić information content (AvgIpc) is 3.39. The highest BCUT2D eigenvalue weighted by molar-refractivity contribution is 7.22. The van der Waals surface area contributed by atoms with Gasteiger partial charge in [0.05, 0.1) is 23.4 Å². The quantitative estimate of drug-likeness (QED) is 0.459. The smallest absolute Gasteiger partial charge is 0.233 e. The number of pyridine rings is 1. The molecule has 0 N–H and O–H groups in total. The Labute approximate surface area is 179 Å². The lowest BCUT2D eigenvalue weighted by Gasteiger charge is -2.19. The molecule has 5 rings (SSSR count). The van der Waals surface area contributed by atoms with Crippen LogP contribution in [-0.2, 0) is 17.8 Å². The van der Waals surface area contributed by atoms with Gasteiger partial charge in [-0.3, -0.25) is 14.7 Å². The Morgan fingerprint density at radius 2 is 1.97 bits per heavy atom. The van der Waals surface area contributed by atoms with E-state index >= 15 is 0 Å². The molecule has 1 aliphatic heterocycles. The van der Waals surface area contributed by atoms with Gasteiger partial charge >= 0.3 is 0 Å². The van der Waals surface area contributed by atoms with E-state index in [1.54, 1.807) is 36.5 Å². The molecule has 156 valence electrons. The Hall–Kier alpha value is -3.59. The number of carbonyl (C=O) groups excluding carboxylic acids is 1. The van der Waals surface area contributed by atoms with Crippen LogP contribution in [0.2, 0.25) is 0 Å². The molecule has 0 fully saturated rings. The summed E-state index contributed by atoms with van der Waals surface area (Å²) < 4.78 is 38.8. The van der Waals surface area contributed by atoms with Crippen LogP contribution in [0.4, 0.5) is 13.9 Å². The van der Waals surface area contributed by atoms with Gasteiger partial charge in [-0.1, -0.05) is 23.5 Å². The molecule has 4 aromatic rings. The van der Waals surface area contributed by atoms with E-state index in [2.05, 4.69) is 9.97 Å². The number of nitrogens with zero attached hydrogens (tertiary/aromatic N) is 3. The van der Waals surface area contributed by atoms with Gasteiger partial charge in [0, 0.05) is 12.3 Å². The highest BCUT2D eigenvalue weighted by Crippen LogP contribution is 2.34. The molecule has 6 nitrogen and oxygen atoms in total. The summed E-state index contributed by atoms with van der Waals surface area (Å²) in [7, 11) is 0. The Balaban J connectivity index is 1.49. The maximum Gasteiger partial charge on any atom is 0.233 e. The minimum Gasteiger partial charge on any atom is -0.454 e. The van der Waals surface area contributed by atoms with E-state index in [-0.39, 0.29) is 36.3 Å². The van der Waals surface area contributed by atoms with Crippen LogP contribution in [0.5, 0.6) is 11.5 Å².